The second-order valence-corrected chi connectivity index (χ2v) is 4.05. The van der Waals surface area contributed by atoms with Crippen LogP contribution >= 0.6 is 0 Å². The number of hydrogen-bond donors (Lipinski definition) is 1. The van der Waals surface area contributed by atoms with E-state index < -0.39 is 0 Å². The summed E-state index contributed by atoms with van der Waals surface area (Å²) < 4.78 is 5.26. The molecular formula is C14H18N2O. The van der Waals surface area contributed by atoms with Crippen LogP contribution in [-0.2, 0) is 6.42 Å². The van der Waals surface area contributed by atoms with Crippen LogP contribution in [0.4, 0.5) is 0 Å². The molecule has 0 unspecified atom stereocenters. The fourth-order valence-corrected chi connectivity index (χ4v) is 1.97. The van der Waals surface area contributed by atoms with E-state index in [4.69, 9.17) is 4.74 Å². The summed E-state index contributed by atoms with van der Waals surface area (Å²) in [5.74, 6) is 0.889. The van der Waals surface area contributed by atoms with Crippen LogP contribution in [0.2, 0.25) is 0 Å². The maximum atomic E-state index is 5.26. The lowest BCUT2D eigenvalue weighted by atomic mass is 10.1. The first-order valence-corrected chi connectivity index (χ1v) is 5.91. The summed E-state index contributed by atoms with van der Waals surface area (Å²) in [6.07, 6.45) is 3.97. The van der Waals surface area contributed by atoms with Crippen LogP contribution in [-0.4, -0.2) is 25.7 Å². The normalized spacial score (nSPS) is 10.7. The molecule has 0 spiro atoms. The molecule has 0 amide bonds. The van der Waals surface area contributed by atoms with E-state index in [9.17, 15) is 0 Å². The summed E-state index contributed by atoms with van der Waals surface area (Å²) >= 11 is 0. The predicted molar refractivity (Wildman–Crippen MR) is 70.5 cm³/mol. The van der Waals surface area contributed by atoms with Gasteiger partial charge in [-0.3, -0.25) is 4.98 Å². The van der Waals surface area contributed by atoms with E-state index in [0.717, 1.165) is 30.8 Å². The minimum absolute atomic E-state index is 0.889. The molecule has 0 atom stereocenters. The summed E-state index contributed by atoms with van der Waals surface area (Å²) in [5, 5.41) is 5.58. The van der Waals surface area contributed by atoms with Gasteiger partial charge in [-0.25, -0.2) is 0 Å². The van der Waals surface area contributed by atoms with Crippen molar-refractivity contribution in [3.8, 4) is 5.75 Å². The molecule has 0 aliphatic carbocycles. The van der Waals surface area contributed by atoms with Crippen molar-refractivity contribution < 1.29 is 4.74 Å². The minimum Gasteiger partial charge on any atom is -0.497 e. The average molecular weight is 230 g/mol. The summed E-state index contributed by atoms with van der Waals surface area (Å²) in [5.41, 5.74) is 1.15. The second-order valence-electron chi connectivity index (χ2n) is 4.05. The Kier molecular flexibility index (Phi) is 3.94. The molecule has 1 aromatic carbocycles. The predicted octanol–water partition coefficient (Wildman–Crippen LogP) is 2.40. The number of pyridine rings is 1. The molecule has 3 nitrogen and oxygen atoms in total. The van der Waals surface area contributed by atoms with Crippen LogP contribution in [0.5, 0.6) is 5.75 Å². The molecule has 0 radical (unpaired) electrons. The van der Waals surface area contributed by atoms with Gasteiger partial charge in [0, 0.05) is 17.3 Å². The summed E-state index contributed by atoms with van der Waals surface area (Å²) in [6, 6.07) is 8.17. The van der Waals surface area contributed by atoms with Gasteiger partial charge in [0.1, 0.15) is 5.75 Å². The molecule has 1 N–H and O–H groups in total. The Morgan fingerprint density at radius 1 is 1.29 bits per heavy atom. The fraction of sp³-hybridized carbons (Fsp3) is 0.357. The lowest BCUT2D eigenvalue weighted by molar-refractivity contribution is 0.415. The van der Waals surface area contributed by atoms with E-state index in [-0.39, 0.29) is 0 Å². The van der Waals surface area contributed by atoms with E-state index in [1.807, 2.05) is 25.4 Å². The molecule has 0 saturated heterocycles. The standard InChI is InChI=1S/C14H18N2O/c1-15-8-3-4-14-13-10-12(17-2)6-5-11(13)7-9-16-14/h5-7,9-10,15H,3-4,8H2,1-2H3. The van der Waals surface area contributed by atoms with E-state index in [1.54, 1.807) is 7.11 Å². The summed E-state index contributed by atoms with van der Waals surface area (Å²) in [7, 11) is 3.66. The van der Waals surface area contributed by atoms with Crippen molar-refractivity contribution >= 4 is 10.8 Å². The maximum absolute atomic E-state index is 5.26. The maximum Gasteiger partial charge on any atom is 0.119 e. The number of methoxy groups -OCH3 is 1. The van der Waals surface area contributed by atoms with Crippen molar-refractivity contribution in [1.29, 1.82) is 0 Å². The highest BCUT2D eigenvalue weighted by molar-refractivity contribution is 5.85. The minimum atomic E-state index is 0.889. The van der Waals surface area contributed by atoms with Gasteiger partial charge in [-0.1, -0.05) is 6.07 Å². The Morgan fingerprint density at radius 2 is 2.18 bits per heavy atom. The number of aryl methyl sites for hydroxylation is 1. The van der Waals surface area contributed by atoms with Crippen LogP contribution in [0.3, 0.4) is 0 Å². The highest BCUT2D eigenvalue weighted by Crippen LogP contribution is 2.23. The van der Waals surface area contributed by atoms with Gasteiger partial charge < -0.3 is 10.1 Å². The number of nitrogens with zero attached hydrogens (tertiary/aromatic N) is 1. The first-order chi connectivity index (χ1) is 8.35. The molecule has 0 saturated carbocycles. The largest absolute Gasteiger partial charge is 0.497 e. The lowest BCUT2D eigenvalue weighted by Crippen LogP contribution is -2.08. The van der Waals surface area contributed by atoms with Crippen molar-refractivity contribution in [2.75, 3.05) is 20.7 Å². The zero-order valence-corrected chi connectivity index (χ0v) is 10.4. The Labute approximate surface area is 102 Å². The number of ether oxygens (including phenoxy) is 1. The van der Waals surface area contributed by atoms with E-state index in [2.05, 4.69) is 22.4 Å². The topological polar surface area (TPSA) is 34.2 Å². The Hall–Kier alpha value is -1.61. The Balaban J connectivity index is 2.33. The van der Waals surface area contributed by atoms with E-state index >= 15 is 0 Å². The van der Waals surface area contributed by atoms with Crippen molar-refractivity contribution in [2.45, 2.75) is 12.8 Å². The highest BCUT2D eigenvalue weighted by Gasteiger charge is 2.03. The van der Waals surface area contributed by atoms with Gasteiger partial charge in [-0.2, -0.15) is 0 Å². The van der Waals surface area contributed by atoms with Gasteiger partial charge in [0.2, 0.25) is 0 Å². The molecule has 0 bridgehead atoms. The average Bonchev–Trinajstić information content (AvgIpc) is 2.39. The molecule has 1 heterocycles. The number of aromatic nitrogens is 1. The van der Waals surface area contributed by atoms with Gasteiger partial charge in [0.25, 0.3) is 0 Å². The number of fused-ring (bicyclic) bond motifs is 1. The Bertz CT molecular complexity index is 497. The third-order valence-electron chi connectivity index (χ3n) is 2.90. The van der Waals surface area contributed by atoms with Crippen molar-refractivity contribution in [3.05, 3.63) is 36.2 Å². The van der Waals surface area contributed by atoms with Crippen molar-refractivity contribution in [3.63, 3.8) is 0 Å². The molecule has 0 aliphatic heterocycles. The second kappa shape index (κ2) is 5.64. The van der Waals surface area contributed by atoms with Gasteiger partial charge >= 0.3 is 0 Å². The third-order valence-corrected chi connectivity index (χ3v) is 2.90. The molecule has 3 heteroatoms. The lowest BCUT2D eigenvalue weighted by Gasteiger charge is -2.07. The Morgan fingerprint density at radius 3 is 2.94 bits per heavy atom. The number of nitrogens with one attached hydrogen (secondary N) is 1. The molecule has 0 aliphatic rings. The molecular weight excluding hydrogens is 212 g/mol. The highest BCUT2D eigenvalue weighted by atomic mass is 16.5. The first kappa shape index (κ1) is 11.9. The summed E-state index contributed by atoms with van der Waals surface area (Å²) in [4.78, 5) is 4.47. The van der Waals surface area contributed by atoms with Gasteiger partial charge in [0.15, 0.2) is 0 Å². The quantitative estimate of drug-likeness (QED) is 0.801. The van der Waals surface area contributed by atoms with Crippen molar-refractivity contribution in [2.24, 2.45) is 0 Å². The van der Waals surface area contributed by atoms with Crippen LogP contribution < -0.4 is 10.1 Å². The van der Waals surface area contributed by atoms with Crippen LogP contribution in [0.25, 0.3) is 10.8 Å². The monoisotopic (exact) mass is 230 g/mol. The molecule has 0 fully saturated rings. The first-order valence-electron chi connectivity index (χ1n) is 5.91. The van der Waals surface area contributed by atoms with Crippen LogP contribution in [0, 0.1) is 0 Å². The van der Waals surface area contributed by atoms with Crippen molar-refractivity contribution in [1.82, 2.24) is 10.3 Å². The summed E-state index contributed by atoms with van der Waals surface area (Å²) in [6.45, 7) is 1.02. The fourth-order valence-electron chi connectivity index (χ4n) is 1.97. The molecule has 1 aromatic heterocycles. The van der Waals surface area contributed by atoms with E-state index in [1.165, 1.54) is 10.8 Å². The van der Waals surface area contributed by atoms with Gasteiger partial charge in [0.05, 0.1) is 7.11 Å². The van der Waals surface area contributed by atoms with Gasteiger partial charge in [-0.15, -0.1) is 0 Å². The third kappa shape index (κ3) is 2.74. The van der Waals surface area contributed by atoms with Crippen LogP contribution in [0.1, 0.15) is 12.1 Å². The number of hydrogen-bond acceptors (Lipinski definition) is 3. The molecule has 2 rings (SSSR count). The zero-order chi connectivity index (χ0) is 12.1. The molecule has 2 aromatic rings. The molecule has 90 valence electrons. The number of benzene rings is 1. The SMILES string of the molecule is CNCCCc1nccc2ccc(OC)cc12. The van der Waals surface area contributed by atoms with Crippen LogP contribution in [0.15, 0.2) is 30.5 Å². The molecule has 17 heavy (non-hydrogen) atoms. The van der Waals surface area contributed by atoms with E-state index in [0.29, 0.717) is 0 Å². The number of rotatable bonds is 5. The zero-order valence-electron chi connectivity index (χ0n) is 10.4. The smallest absolute Gasteiger partial charge is 0.119 e. The van der Waals surface area contributed by atoms with Gasteiger partial charge in [-0.05, 0) is 50.0 Å².